The molecule has 0 aliphatic heterocycles. The highest BCUT2D eigenvalue weighted by atomic mass is 16.5. The molecule has 0 bridgehead atoms. The van der Waals surface area contributed by atoms with E-state index in [4.69, 9.17) is 18.9 Å². The fourth-order valence-electron chi connectivity index (χ4n) is 2.89. The van der Waals surface area contributed by atoms with E-state index in [2.05, 4.69) is 41.6 Å². The second kappa shape index (κ2) is 12.6. The van der Waals surface area contributed by atoms with Crippen LogP contribution in [0.2, 0.25) is 0 Å². The van der Waals surface area contributed by atoms with E-state index in [0.29, 0.717) is 36.3 Å². The van der Waals surface area contributed by atoms with Crippen molar-refractivity contribution in [3.63, 3.8) is 0 Å². The van der Waals surface area contributed by atoms with E-state index in [9.17, 15) is 0 Å². The summed E-state index contributed by atoms with van der Waals surface area (Å²) in [6.45, 7) is 8.92. The smallest absolute Gasteiger partial charge is 0.203 e. The van der Waals surface area contributed by atoms with Gasteiger partial charge in [0.05, 0.1) is 34.5 Å². The van der Waals surface area contributed by atoms with Crippen molar-refractivity contribution in [3.8, 4) is 23.0 Å². The van der Waals surface area contributed by atoms with E-state index in [1.54, 1.807) is 21.3 Å². The third kappa shape index (κ3) is 7.59. The molecule has 170 valence electrons. The predicted octanol–water partition coefficient (Wildman–Crippen LogP) is 4.00. The average molecular weight is 430 g/mol. The van der Waals surface area contributed by atoms with E-state index in [1.165, 1.54) is 0 Å². The molecule has 0 unspecified atom stereocenters. The average Bonchev–Trinajstić information content (AvgIpc) is 2.79. The molecule has 0 aliphatic carbocycles. The van der Waals surface area contributed by atoms with Gasteiger partial charge in [-0.3, -0.25) is 0 Å². The van der Waals surface area contributed by atoms with Crippen LogP contribution in [0.5, 0.6) is 23.0 Å². The lowest BCUT2D eigenvalue weighted by atomic mass is 10.2. The van der Waals surface area contributed by atoms with Gasteiger partial charge in [0.15, 0.2) is 17.5 Å². The first-order valence-electron chi connectivity index (χ1n) is 10.5. The van der Waals surface area contributed by atoms with Crippen molar-refractivity contribution in [2.45, 2.75) is 33.9 Å². The SMILES string of the molecule is CCNC(=NCc1cc(OC)c(OC)c(OC)c1)NCc1ccc(OCC(C)C)cc1. The highest BCUT2D eigenvalue weighted by Gasteiger charge is 2.13. The highest BCUT2D eigenvalue weighted by Crippen LogP contribution is 2.38. The molecule has 0 saturated heterocycles. The topological polar surface area (TPSA) is 73.3 Å². The lowest BCUT2D eigenvalue weighted by molar-refractivity contribution is 0.271. The van der Waals surface area contributed by atoms with Gasteiger partial charge in [0.25, 0.3) is 0 Å². The van der Waals surface area contributed by atoms with Crippen LogP contribution in [0.25, 0.3) is 0 Å². The van der Waals surface area contributed by atoms with E-state index < -0.39 is 0 Å². The summed E-state index contributed by atoms with van der Waals surface area (Å²) >= 11 is 0. The first-order valence-corrected chi connectivity index (χ1v) is 10.5. The molecule has 0 fully saturated rings. The Kier molecular flexibility index (Phi) is 9.81. The van der Waals surface area contributed by atoms with Crippen molar-refractivity contribution in [3.05, 3.63) is 47.5 Å². The molecule has 0 aliphatic rings. The molecule has 2 rings (SSSR count). The predicted molar refractivity (Wildman–Crippen MR) is 125 cm³/mol. The lowest BCUT2D eigenvalue weighted by Gasteiger charge is -2.14. The van der Waals surface area contributed by atoms with Crippen LogP contribution in [0.3, 0.4) is 0 Å². The van der Waals surface area contributed by atoms with Crippen LogP contribution in [0.15, 0.2) is 41.4 Å². The number of aliphatic imine (C=N–C) groups is 1. The molecule has 31 heavy (non-hydrogen) atoms. The molecule has 0 radical (unpaired) electrons. The Balaban J connectivity index is 2.03. The van der Waals surface area contributed by atoms with Crippen molar-refractivity contribution >= 4 is 5.96 Å². The van der Waals surface area contributed by atoms with Gasteiger partial charge in [0, 0.05) is 13.1 Å². The maximum atomic E-state index is 5.74. The Hall–Kier alpha value is -3.09. The van der Waals surface area contributed by atoms with E-state index >= 15 is 0 Å². The number of hydrogen-bond acceptors (Lipinski definition) is 5. The largest absolute Gasteiger partial charge is 0.493 e. The van der Waals surface area contributed by atoms with Gasteiger partial charge < -0.3 is 29.6 Å². The highest BCUT2D eigenvalue weighted by molar-refractivity contribution is 5.79. The Morgan fingerprint density at radius 3 is 2.06 bits per heavy atom. The molecule has 0 atom stereocenters. The van der Waals surface area contributed by atoms with E-state index in [0.717, 1.165) is 36.0 Å². The molecule has 7 nitrogen and oxygen atoms in total. The zero-order chi connectivity index (χ0) is 22.6. The van der Waals surface area contributed by atoms with Crippen LogP contribution < -0.4 is 29.6 Å². The second-order valence-electron chi connectivity index (χ2n) is 7.43. The summed E-state index contributed by atoms with van der Waals surface area (Å²) in [4.78, 5) is 4.69. The van der Waals surface area contributed by atoms with Crippen molar-refractivity contribution in [1.82, 2.24) is 10.6 Å². The third-order valence-electron chi connectivity index (χ3n) is 4.46. The van der Waals surface area contributed by atoms with E-state index in [1.807, 2.05) is 31.2 Å². The summed E-state index contributed by atoms with van der Waals surface area (Å²) in [5, 5.41) is 6.64. The van der Waals surface area contributed by atoms with Gasteiger partial charge in [-0.05, 0) is 48.2 Å². The first kappa shape index (κ1) is 24.2. The number of benzene rings is 2. The minimum atomic E-state index is 0.466. The van der Waals surface area contributed by atoms with Gasteiger partial charge in [-0.1, -0.05) is 26.0 Å². The van der Waals surface area contributed by atoms with Gasteiger partial charge in [-0.15, -0.1) is 0 Å². The molecule has 0 aromatic heterocycles. The minimum absolute atomic E-state index is 0.466. The number of nitrogens with one attached hydrogen (secondary N) is 2. The normalized spacial score (nSPS) is 11.3. The Morgan fingerprint density at radius 2 is 1.55 bits per heavy atom. The first-order chi connectivity index (χ1) is 15.0. The van der Waals surface area contributed by atoms with Crippen LogP contribution in [0, 0.1) is 5.92 Å². The van der Waals surface area contributed by atoms with Crippen LogP contribution in [-0.4, -0.2) is 40.4 Å². The molecule has 2 N–H and O–H groups in total. The fraction of sp³-hybridized carbons (Fsp3) is 0.458. The fourth-order valence-corrected chi connectivity index (χ4v) is 2.89. The van der Waals surface area contributed by atoms with E-state index in [-0.39, 0.29) is 0 Å². The summed E-state index contributed by atoms with van der Waals surface area (Å²) < 4.78 is 22.0. The van der Waals surface area contributed by atoms with Gasteiger partial charge in [-0.2, -0.15) is 0 Å². The van der Waals surface area contributed by atoms with Crippen molar-refractivity contribution in [2.75, 3.05) is 34.5 Å². The maximum absolute atomic E-state index is 5.74. The molecule has 2 aromatic rings. The zero-order valence-corrected chi connectivity index (χ0v) is 19.5. The number of methoxy groups -OCH3 is 3. The van der Waals surface area contributed by atoms with Crippen LogP contribution in [0.1, 0.15) is 31.9 Å². The quantitative estimate of drug-likeness (QED) is 0.415. The lowest BCUT2D eigenvalue weighted by Crippen LogP contribution is -2.36. The number of ether oxygens (including phenoxy) is 4. The molecular weight excluding hydrogens is 394 g/mol. The zero-order valence-electron chi connectivity index (χ0n) is 19.5. The second-order valence-corrected chi connectivity index (χ2v) is 7.43. The Morgan fingerprint density at radius 1 is 0.903 bits per heavy atom. The molecule has 0 amide bonds. The summed E-state index contributed by atoms with van der Waals surface area (Å²) in [6, 6.07) is 11.9. The van der Waals surface area contributed by atoms with Gasteiger partial charge in [-0.25, -0.2) is 4.99 Å². The monoisotopic (exact) mass is 429 g/mol. The molecule has 0 spiro atoms. The Labute approximate surface area is 185 Å². The van der Waals surface area contributed by atoms with Crippen molar-refractivity contribution in [1.29, 1.82) is 0 Å². The van der Waals surface area contributed by atoms with Crippen molar-refractivity contribution < 1.29 is 18.9 Å². The van der Waals surface area contributed by atoms with Crippen molar-refractivity contribution in [2.24, 2.45) is 10.9 Å². The maximum Gasteiger partial charge on any atom is 0.203 e. The number of guanidine groups is 1. The summed E-state index contributed by atoms with van der Waals surface area (Å²) in [5.74, 6) is 3.93. The van der Waals surface area contributed by atoms with Gasteiger partial charge in [0.2, 0.25) is 5.75 Å². The standard InChI is InChI=1S/C24H35N3O4/c1-7-25-24(26-14-18-8-10-20(11-9-18)31-16-17(2)3)27-15-19-12-21(28-4)23(30-6)22(13-19)29-5/h8-13,17H,7,14-16H2,1-6H3,(H2,25,26,27). The minimum Gasteiger partial charge on any atom is -0.493 e. The van der Waals surface area contributed by atoms with Gasteiger partial charge >= 0.3 is 0 Å². The summed E-state index contributed by atoms with van der Waals surface area (Å²) in [7, 11) is 4.80. The molecular formula is C24H35N3O4. The number of rotatable bonds is 11. The van der Waals surface area contributed by atoms with Crippen LogP contribution in [0.4, 0.5) is 0 Å². The summed E-state index contributed by atoms with van der Waals surface area (Å²) in [5.41, 5.74) is 2.11. The molecule has 0 saturated carbocycles. The number of nitrogens with zero attached hydrogens (tertiary/aromatic N) is 1. The number of hydrogen-bond donors (Lipinski definition) is 2. The molecule has 2 aromatic carbocycles. The van der Waals surface area contributed by atoms with Crippen LogP contribution >= 0.6 is 0 Å². The van der Waals surface area contributed by atoms with Gasteiger partial charge in [0.1, 0.15) is 5.75 Å². The third-order valence-corrected chi connectivity index (χ3v) is 4.46. The Bertz CT molecular complexity index is 810. The molecule has 7 heteroatoms. The van der Waals surface area contributed by atoms with Crippen LogP contribution in [-0.2, 0) is 13.1 Å². The summed E-state index contributed by atoms with van der Waals surface area (Å²) in [6.07, 6.45) is 0. The molecule has 0 heterocycles.